The quantitative estimate of drug-likeness (QED) is 0.345. The molecule has 4 aromatic carbocycles. The average Bonchev–Trinajstić information content (AvgIpc) is 2.74. The zero-order chi connectivity index (χ0) is 21.1. The normalized spacial score (nSPS) is 10.7. The second-order valence-corrected chi connectivity index (χ2v) is 6.58. The summed E-state index contributed by atoms with van der Waals surface area (Å²) in [6, 6.07) is 21.2. The molecule has 4 aromatic rings. The summed E-state index contributed by atoms with van der Waals surface area (Å²) in [6.45, 7) is 0. The maximum atomic E-state index is 14.2. The molecule has 0 bridgehead atoms. The Labute approximate surface area is 171 Å². The first kappa shape index (κ1) is 19.5. The summed E-state index contributed by atoms with van der Waals surface area (Å²) in [7, 11) is 0. The van der Waals surface area contributed by atoms with Crippen molar-refractivity contribution in [2.24, 2.45) is 0 Å². The molecule has 4 rings (SSSR count). The fourth-order valence-electron chi connectivity index (χ4n) is 3.09. The topological polar surface area (TPSA) is 15.3 Å². The Kier molecular flexibility index (Phi) is 5.39. The van der Waals surface area contributed by atoms with Gasteiger partial charge in [0.05, 0.1) is 11.4 Å². The average molecular weight is 408 g/mol. The first-order valence-corrected chi connectivity index (χ1v) is 9.13. The molecule has 0 unspecified atom stereocenters. The second-order valence-electron chi connectivity index (χ2n) is 6.58. The maximum absolute atomic E-state index is 14.2. The molecule has 0 spiro atoms. The van der Waals surface area contributed by atoms with Crippen molar-refractivity contribution in [3.8, 4) is 0 Å². The highest BCUT2D eigenvalue weighted by atomic mass is 19.1. The van der Waals surface area contributed by atoms with Crippen LogP contribution < -0.4 is 10.2 Å². The molecular weight excluding hydrogens is 392 g/mol. The number of rotatable bonds is 5. The maximum Gasteiger partial charge on any atom is 0.125 e. The van der Waals surface area contributed by atoms with Gasteiger partial charge in [-0.05, 0) is 91.0 Å². The molecular formula is C24H16F4N2. The highest BCUT2D eigenvalue weighted by molar-refractivity contribution is 5.86. The summed E-state index contributed by atoms with van der Waals surface area (Å²) < 4.78 is 54.5. The second kappa shape index (κ2) is 8.29. The Morgan fingerprint density at radius 2 is 0.933 bits per heavy atom. The summed E-state index contributed by atoms with van der Waals surface area (Å²) in [4.78, 5) is 1.67. The van der Waals surface area contributed by atoms with Crippen LogP contribution in [-0.2, 0) is 0 Å². The third-order valence-electron chi connectivity index (χ3n) is 4.49. The highest BCUT2D eigenvalue weighted by Gasteiger charge is 2.18. The Balaban J connectivity index is 1.85. The van der Waals surface area contributed by atoms with E-state index in [0.717, 1.165) is 0 Å². The number of benzene rings is 4. The van der Waals surface area contributed by atoms with E-state index in [1.54, 1.807) is 47.4 Å². The molecule has 0 heterocycles. The molecule has 0 aliphatic carbocycles. The van der Waals surface area contributed by atoms with Gasteiger partial charge in [0, 0.05) is 17.1 Å². The van der Waals surface area contributed by atoms with Gasteiger partial charge in [-0.2, -0.15) is 0 Å². The van der Waals surface area contributed by atoms with Gasteiger partial charge in [0.15, 0.2) is 0 Å². The van der Waals surface area contributed by atoms with E-state index >= 15 is 0 Å². The first-order valence-electron chi connectivity index (χ1n) is 9.13. The van der Waals surface area contributed by atoms with Crippen molar-refractivity contribution < 1.29 is 17.6 Å². The molecule has 2 nitrogen and oxygen atoms in total. The third kappa shape index (κ3) is 4.27. The SMILES string of the molecule is Fc1ccc(Nc2ccc(F)cc2N(c2ccc(F)cc2)c2ccc(F)cc2)cc1. The van der Waals surface area contributed by atoms with Gasteiger partial charge in [0.2, 0.25) is 0 Å². The van der Waals surface area contributed by atoms with Crippen LogP contribution in [0.4, 0.5) is 46.0 Å². The molecule has 0 fully saturated rings. The van der Waals surface area contributed by atoms with Crippen molar-refractivity contribution in [3.63, 3.8) is 0 Å². The number of hydrogen-bond acceptors (Lipinski definition) is 2. The Morgan fingerprint density at radius 3 is 1.43 bits per heavy atom. The van der Waals surface area contributed by atoms with E-state index in [2.05, 4.69) is 5.32 Å². The number of nitrogens with zero attached hydrogens (tertiary/aromatic N) is 1. The van der Waals surface area contributed by atoms with E-state index in [1.807, 2.05) is 0 Å². The van der Waals surface area contributed by atoms with E-state index in [4.69, 9.17) is 0 Å². The number of halogens is 4. The molecule has 0 aromatic heterocycles. The molecule has 150 valence electrons. The van der Waals surface area contributed by atoms with Crippen LogP contribution in [0.3, 0.4) is 0 Å². The lowest BCUT2D eigenvalue weighted by Gasteiger charge is -2.28. The fraction of sp³-hybridized carbons (Fsp3) is 0. The molecule has 0 saturated heterocycles. The zero-order valence-corrected chi connectivity index (χ0v) is 15.6. The highest BCUT2D eigenvalue weighted by Crippen LogP contribution is 2.40. The number of hydrogen-bond donors (Lipinski definition) is 1. The van der Waals surface area contributed by atoms with Gasteiger partial charge in [-0.15, -0.1) is 0 Å². The van der Waals surface area contributed by atoms with Gasteiger partial charge in [-0.25, -0.2) is 17.6 Å². The van der Waals surface area contributed by atoms with Crippen LogP contribution in [-0.4, -0.2) is 0 Å². The molecule has 6 heteroatoms. The molecule has 0 saturated carbocycles. The van der Waals surface area contributed by atoms with E-state index in [1.165, 1.54) is 48.5 Å². The van der Waals surface area contributed by atoms with Crippen LogP contribution in [0.2, 0.25) is 0 Å². The van der Waals surface area contributed by atoms with Crippen LogP contribution in [0.5, 0.6) is 0 Å². The summed E-state index contributed by atoms with van der Waals surface area (Å²) in [6.07, 6.45) is 0. The molecule has 0 aliphatic heterocycles. The Hall–Kier alpha value is -3.80. The number of anilines is 5. The minimum absolute atomic E-state index is 0.376. The van der Waals surface area contributed by atoms with Crippen molar-refractivity contribution in [3.05, 3.63) is 114 Å². The monoisotopic (exact) mass is 408 g/mol. The van der Waals surface area contributed by atoms with Crippen molar-refractivity contribution in [1.29, 1.82) is 0 Å². The lowest BCUT2D eigenvalue weighted by molar-refractivity contribution is 0.626. The van der Waals surface area contributed by atoms with Gasteiger partial charge in [-0.1, -0.05) is 0 Å². The molecule has 1 N–H and O–H groups in total. The molecule has 0 aliphatic rings. The van der Waals surface area contributed by atoms with Gasteiger partial charge in [0.25, 0.3) is 0 Å². The molecule has 30 heavy (non-hydrogen) atoms. The predicted octanol–water partition coefficient (Wildman–Crippen LogP) is 7.46. The molecule has 0 atom stereocenters. The van der Waals surface area contributed by atoms with Crippen LogP contribution in [0.25, 0.3) is 0 Å². The molecule has 0 radical (unpaired) electrons. The van der Waals surface area contributed by atoms with Crippen LogP contribution in [0, 0.1) is 23.3 Å². The van der Waals surface area contributed by atoms with Crippen LogP contribution >= 0.6 is 0 Å². The minimum Gasteiger partial charge on any atom is -0.354 e. The summed E-state index contributed by atoms with van der Waals surface area (Å²) in [5.74, 6) is -1.69. The van der Waals surface area contributed by atoms with Gasteiger partial charge < -0.3 is 10.2 Å². The fourth-order valence-corrected chi connectivity index (χ4v) is 3.09. The summed E-state index contributed by atoms with van der Waals surface area (Å²) in [5.41, 5.74) is 2.64. The van der Waals surface area contributed by atoms with E-state index < -0.39 is 17.5 Å². The Bertz CT molecular complexity index is 1100. The third-order valence-corrected chi connectivity index (χ3v) is 4.49. The summed E-state index contributed by atoms with van der Waals surface area (Å²) in [5, 5.41) is 3.15. The zero-order valence-electron chi connectivity index (χ0n) is 15.6. The van der Waals surface area contributed by atoms with Crippen molar-refractivity contribution in [2.45, 2.75) is 0 Å². The largest absolute Gasteiger partial charge is 0.354 e. The lowest BCUT2D eigenvalue weighted by atomic mass is 10.1. The van der Waals surface area contributed by atoms with E-state index in [9.17, 15) is 17.6 Å². The smallest absolute Gasteiger partial charge is 0.125 e. The van der Waals surface area contributed by atoms with E-state index in [0.29, 0.717) is 28.4 Å². The number of nitrogens with one attached hydrogen (secondary N) is 1. The predicted molar refractivity (Wildman–Crippen MR) is 111 cm³/mol. The van der Waals surface area contributed by atoms with Crippen LogP contribution in [0.15, 0.2) is 91.0 Å². The van der Waals surface area contributed by atoms with Crippen molar-refractivity contribution in [1.82, 2.24) is 0 Å². The van der Waals surface area contributed by atoms with Crippen molar-refractivity contribution in [2.75, 3.05) is 10.2 Å². The standard InChI is InChI=1S/C24H16F4N2/c25-16-1-8-20(9-2-16)29-23-14-7-19(28)15-24(23)30(21-10-3-17(26)4-11-21)22-12-5-18(27)6-13-22/h1-15,29H. The Morgan fingerprint density at radius 1 is 0.500 bits per heavy atom. The molecule has 0 amide bonds. The van der Waals surface area contributed by atoms with Gasteiger partial charge >= 0.3 is 0 Å². The summed E-state index contributed by atoms with van der Waals surface area (Å²) >= 11 is 0. The first-order chi connectivity index (χ1) is 14.5. The minimum atomic E-state index is -0.483. The van der Waals surface area contributed by atoms with Crippen LogP contribution in [0.1, 0.15) is 0 Å². The lowest BCUT2D eigenvalue weighted by Crippen LogP contribution is -2.12. The van der Waals surface area contributed by atoms with Gasteiger partial charge in [-0.3, -0.25) is 0 Å². The van der Waals surface area contributed by atoms with Crippen molar-refractivity contribution >= 4 is 28.4 Å². The van der Waals surface area contributed by atoms with E-state index in [-0.39, 0.29) is 5.82 Å². The van der Waals surface area contributed by atoms with Gasteiger partial charge in [0.1, 0.15) is 23.3 Å².